The molecule has 1 saturated heterocycles. The molecule has 11 N–H and O–H groups in total. The lowest BCUT2D eigenvalue weighted by molar-refractivity contribution is -0.271. The maximum Gasteiger partial charge on any atom is 0.409 e. The molecule has 27 nitrogen and oxygen atoms in total. The number of rotatable bonds is 25. The third-order valence-electron chi connectivity index (χ3n) is 18.6. The van der Waals surface area contributed by atoms with E-state index >= 15 is 0 Å². The fourth-order valence-electron chi connectivity index (χ4n) is 15.7. The number of hydrogen-bond acceptors (Lipinski definition) is 20. The largest absolute Gasteiger partial charge is 0.493 e. The zero-order valence-corrected chi connectivity index (χ0v) is 54.3. The van der Waals surface area contributed by atoms with E-state index in [1.54, 1.807) is 60.6 Å². The van der Waals surface area contributed by atoms with Crippen molar-refractivity contribution in [3.63, 3.8) is 0 Å². The van der Waals surface area contributed by atoms with E-state index in [-0.39, 0.29) is 92.0 Å². The summed E-state index contributed by atoms with van der Waals surface area (Å²) in [7, 11) is -2.62. The zero-order chi connectivity index (χ0) is 67.1. The van der Waals surface area contributed by atoms with E-state index < -0.39 is 73.9 Å². The summed E-state index contributed by atoms with van der Waals surface area (Å²) in [6.07, 6.45) is 5.78. The summed E-state index contributed by atoms with van der Waals surface area (Å²) in [4.78, 5) is 94.3. The predicted octanol–water partition coefficient (Wildman–Crippen LogP) is 6.21. The number of benzene rings is 3. The summed E-state index contributed by atoms with van der Waals surface area (Å²) in [6, 6.07) is 14.4. The molecule has 3 amide bonds. The van der Waals surface area contributed by atoms with E-state index in [4.69, 9.17) is 34.5 Å². The highest BCUT2D eigenvalue weighted by atomic mass is 32.1. The second kappa shape index (κ2) is 27.2. The fourth-order valence-corrected chi connectivity index (χ4v) is 17.1. The molecule has 8 atom stereocenters. The molecule has 7 aliphatic rings. The maximum absolute atomic E-state index is 14.3. The molecule has 12 rings (SSSR count). The number of carboxylic acids is 2. The van der Waals surface area contributed by atoms with Gasteiger partial charge in [-0.2, -0.15) is 5.10 Å². The van der Waals surface area contributed by atoms with E-state index in [9.17, 15) is 63.9 Å². The van der Waals surface area contributed by atoms with Crippen LogP contribution in [0.2, 0.25) is 0 Å². The highest BCUT2D eigenvalue weighted by molar-refractivity contribution is 7.51. The molecule has 2 aromatic heterocycles. The summed E-state index contributed by atoms with van der Waals surface area (Å²) in [5, 5.41) is 62.5. The summed E-state index contributed by atoms with van der Waals surface area (Å²) in [6.45, 7) is 8.25. The van der Waals surface area contributed by atoms with Gasteiger partial charge in [0.1, 0.15) is 42.2 Å². The molecule has 5 fully saturated rings. The molecular weight excluding hydrogens is 1260 g/mol. The standard InChI is InChI=1S/C65H80N9O18PS/c1-38-46(74-45(57(80)81)12-7-14-51(74)72-22-20-40-42(30-72)41(16-18-47(40)88-25-9-27-93(85,86)87)56(79)70-60-69-43-11-5-6-13-49(43)94-60)29-67-73(38)37-64-32-62(2)31-63(3,33-64)35-65(34-62,36-64)90-26-23-71(4)61(84)89-24-8-10-39-15-17-48(44(28-39)68-50(75)19-21-66)91-59-54(78)52(76)53(77)55(92-59)58(82)83/h5-8,10-18,28-29,45,52-55,59,76-78H,9,19-27,30-37,66H2,1-4H3,(H,68,75)(H,80,81)(H,82,83)(H,69,70,79)(H2,85,86,87)/b10-8+/t45?,52-,53-,54+,55-,59+,62?,63?,64?,65?/m0/s1. The number of nitrogens with two attached hydrogens (primary N) is 1. The first-order chi connectivity index (χ1) is 44.7. The Labute approximate surface area is 545 Å². The number of aliphatic hydroxyl groups excluding tert-OH is 3. The van der Waals surface area contributed by atoms with Crippen molar-refractivity contribution in [3.05, 3.63) is 119 Å². The van der Waals surface area contributed by atoms with Crippen molar-refractivity contribution < 1.29 is 87.5 Å². The molecule has 5 heterocycles. The topological polar surface area (TPSA) is 381 Å². The van der Waals surface area contributed by atoms with Crippen LogP contribution >= 0.6 is 18.9 Å². The van der Waals surface area contributed by atoms with Gasteiger partial charge in [-0.05, 0) is 134 Å². The lowest BCUT2D eigenvalue weighted by Gasteiger charge is -2.69. The highest BCUT2D eigenvalue weighted by Crippen LogP contribution is 2.72. The molecule has 0 spiro atoms. The first kappa shape index (κ1) is 67.7. The molecule has 504 valence electrons. The van der Waals surface area contributed by atoms with Crippen LogP contribution in [-0.2, 0) is 52.7 Å². The number of nitrogens with zero attached hydrogens (tertiary/aromatic N) is 6. The number of aliphatic carboxylic acids is 2. The van der Waals surface area contributed by atoms with Crippen molar-refractivity contribution in [2.75, 3.05) is 68.2 Å². The second-order valence-corrected chi connectivity index (χ2v) is 29.2. The van der Waals surface area contributed by atoms with E-state index in [0.29, 0.717) is 58.6 Å². The molecule has 4 bridgehead atoms. The molecule has 5 aromatic rings. The van der Waals surface area contributed by atoms with E-state index in [1.807, 2.05) is 41.9 Å². The summed E-state index contributed by atoms with van der Waals surface area (Å²) in [5.41, 5.74) is 9.31. The lowest BCUT2D eigenvalue weighted by atomic mass is 9.39. The smallest absolute Gasteiger partial charge is 0.409 e. The van der Waals surface area contributed by atoms with E-state index in [2.05, 4.69) is 34.4 Å². The number of allylic oxidation sites excluding steroid dienone is 2. The Morgan fingerprint density at radius 2 is 1.67 bits per heavy atom. The highest BCUT2D eigenvalue weighted by Gasteiger charge is 2.66. The van der Waals surface area contributed by atoms with Crippen molar-refractivity contribution >= 4 is 81.6 Å². The maximum atomic E-state index is 14.3. The number of aliphatic hydroxyl groups is 3. The van der Waals surface area contributed by atoms with Crippen LogP contribution in [0, 0.1) is 23.2 Å². The fraction of sp³-hybridized carbons (Fsp3) is 0.492. The van der Waals surface area contributed by atoms with Crippen LogP contribution in [0.4, 0.5) is 21.3 Å². The van der Waals surface area contributed by atoms with E-state index in [1.165, 1.54) is 28.4 Å². The van der Waals surface area contributed by atoms with Gasteiger partial charge in [-0.15, -0.1) is 0 Å². The number of carbonyl (C=O) groups excluding carboxylic acids is 3. The Kier molecular flexibility index (Phi) is 19.5. The van der Waals surface area contributed by atoms with Crippen LogP contribution < -0.4 is 30.7 Å². The van der Waals surface area contributed by atoms with Gasteiger partial charge in [0.25, 0.3) is 5.91 Å². The quantitative estimate of drug-likeness (QED) is 0.0229. The Balaban J connectivity index is 0.750. The Morgan fingerprint density at radius 1 is 0.915 bits per heavy atom. The molecule has 3 aliphatic heterocycles. The van der Waals surface area contributed by atoms with Crippen LogP contribution in [0.25, 0.3) is 16.3 Å². The molecule has 94 heavy (non-hydrogen) atoms. The Morgan fingerprint density at radius 3 is 2.39 bits per heavy atom. The number of para-hydroxylation sites is 1. The average Bonchev–Trinajstić information content (AvgIpc) is 0.727. The van der Waals surface area contributed by atoms with Gasteiger partial charge >= 0.3 is 25.6 Å². The summed E-state index contributed by atoms with van der Waals surface area (Å²) < 4.78 is 44.4. The van der Waals surface area contributed by atoms with Crippen molar-refractivity contribution in [2.45, 2.75) is 134 Å². The van der Waals surface area contributed by atoms with Gasteiger partial charge in [0.05, 0.1) is 58.5 Å². The van der Waals surface area contributed by atoms with E-state index in [0.717, 1.165) is 60.0 Å². The van der Waals surface area contributed by atoms with Gasteiger partial charge in [-0.1, -0.05) is 61.6 Å². The first-order valence-corrected chi connectivity index (χ1v) is 33.9. The van der Waals surface area contributed by atoms with Gasteiger partial charge in [-0.3, -0.25) is 24.2 Å². The number of carboxylic acid groups (broad SMARTS) is 2. The molecule has 29 heteroatoms. The number of fused-ring (bicyclic) bond motifs is 2. The molecule has 4 aliphatic carbocycles. The minimum Gasteiger partial charge on any atom is -0.493 e. The number of nitrogens with one attached hydrogen (secondary N) is 2. The zero-order valence-electron chi connectivity index (χ0n) is 52.6. The molecular formula is C65H80N9O18PS. The third kappa shape index (κ3) is 14.7. The van der Waals surface area contributed by atoms with Gasteiger partial charge < -0.3 is 84.8 Å². The predicted molar refractivity (Wildman–Crippen MR) is 345 cm³/mol. The number of anilines is 3. The number of ether oxygens (including phenoxy) is 5. The molecule has 3 unspecified atom stereocenters. The summed E-state index contributed by atoms with van der Waals surface area (Å²) >= 11 is 1.35. The number of amides is 3. The van der Waals surface area contributed by atoms with Crippen molar-refractivity contribution in [2.24, 2.45) is 22.0 Å². The number of thiazole rings is 1. The van der Waals surface area contributed by atoms with Crippen molar-refractivity contribution in [1.82, 2.24) is 24.6 Å². The number of hydrogen-bond donors (Lipinski definition) is 10. The SMILES string of the molecule is Cc1c(N2C(N3CCc4c(OCCCP(=O)(O)O)ccc(C(=O)Nc5nc6ccccc6s5)c4C3)=CC=CC2C(=O)O)cnn1CC12CC3(C)CC(C)(C1)CC(OCCN(C)C(=O)OC/C=C/c1ccc(O[C@@H]4O[C@H](C(=O)O)[C@@H](O)[C@H](O)[C@H]4O)c(NC(=O)CCN)c1)(C3)C2. The summed E-state index contributed by atoms with van der Waals surface area (Å²) in [5.74, 6) is -2.48. The number of likely N-dealkylation sites (N-methyl/N-ethyl adjacent to an activating group) is 1. The van der Waals surface area contributed by atoms with Gasteiger partial charge in [0.15, 0.2) is 17.3 Å². The van der Waals surface area contributed by atoms with Crippen LogP contribution in [0.1, 0.15) is 98.0 Å². The molecule has 4 saturated carbocycles. The van der Waals surface area contributed by atoms with Crippen LogP contribution in [0.5, 0.6) is 11.5 Å². The first-order valence-electron chi connectivity index (χ1n) is 31.2. The van der Waals surface area contributed by atoms with Gasteiger partial charge in [0.2, 0.25) is 12.2 Å². The van der Waals surface area contributed by atoms with Gasteiger partial charge in [0, 0.05) is 57.3 Å². The Bertz CT molecular complexity index is 3820. The van der Waals surface area contributed by atoms with Crippen molar-refractivity contribution in [1.29, 1.82) is 0 Å². The molecule has 3 aromatic carbocycles. The number of carbonyl (C=O) groups is 5. The van der Waals surface area contributed by atoms with Gasteiger partial charge in [-0.25, -0.2) is 19.4 Å². The minimum absolute atomic E-state index is 0.0364. The minimum atomic E-state index is -4.25. The van der Waals surface area contributed by atoms with Crippen molar-refractivity contribution in [3.8, 4) is 11.5 Å². The van der Waals surface area contributed by atoms with Crippen LogP contribution in [0.15, 0.2) is 90.9 Å². The monoisotopic (exact) mass is 1340 g/mol. The second-order valence-electron chi connectivity index (χ2n) is 26.4. The van der Waals surface area contributed by atoms with Crippen LogP contribution in [-0.4, -0.2) is 185 Å². The Hall–Kier alpha value is -7.76. The number of aromatic nitrogens is 3. The lowest BCUT2D eigenvalue weighted by Crippen LogP contribution is -2.64. The third-order valence-corrected chi connectivity index (χ3v) is 20.4. The average molecular weight is 1340 g/mol. The molecule has 0 radical (unpaired) electrons. The normalized spacial score (nSPS) is 27.1. The van der Waals surface area contributed by atoms with Crippen LogP contribution in [0.3, 0.4) is 0 Å².